The van der Waals surface area contributed by atoms with Gasteiger partial charge in [0.15, 0.2) is 0 Å². The quantitative estimate of drug-likeness (QED) is 0.302. The van der Waals surface area contributed by atoms with E-state index in [1.54, 1.807) is 0 Å². The molecule has 0 saturated heterocycles. The molecule has 1 atom stereocenters. The van der Waals surface area contributed by atoms with Gasteiger partial charge in [-0.05, 0) is 73.7 Å². The summed E-state index contributed by atoms with van der Waals surface area (Å²) in [4.78, 5) is -1.88. The summed E-state index contributed by atoms with van der Waals surface area (Å²) in [5.74, 6) is -5.30. The van der Waals surface area contributed by atoms with Gasteiger partial charge in [0.1, 0.15) is 4.85 Å². The van der Waals surface area contributed by atoms with E-state index in [0.717, 1.165) is 0 Å². The first-order valence-corrected chi connectivity index (χ1v) is 14.4. The van der Waals surface area contributed by atoms with Crippen molar-refractivity contribution in [2.75, 3.05) is 6.66 Å². The Bertz CT molecular complexity index is 282. The highest BCUT2D eigenvalue weighted by molar-refractivity contribution is 14.2. The minimum atomic E-state index is -2.65. The van der Waals surface area contributed by atoms with Gasteiger partial charge < -0.3 is 0 Å². The van der Waals surface area contributed by atoms with Crippen molar-refractivity contribution in [1.82, 2.24) is 0 Å². The van der Waals surface area contributed by atoms with Crippen LogP contribution in [-0.2, 0) is 0 Å². The van der Waals surface area contributed by atoms with E-state index >= 15 is 0 Å². The molecule has 0 aromatic carbocycles. The molecule has 0 aromatic rings. The van der Waals surface area contributed by atoms with Crippen LogP contribution in [0.15, 0.2) is 13.5 Å². The summed E-state index contributed by atoms with van der Waals surface area (Å²) < 4.78 is 12.0. The summed E-state index contributed by atoms with van der Waals surface area (Å²) in [5.41, 5.74) is 0. The lowest BCUT2D eigenvalue weighted by Gasteiger charge is -2.18. The Morgan fingerprint density at radius 2 is 1.33 bits per heavy atom. The van der Waals surface area contributed by atoms with Crippen LogP contribution in [0.4, 0.5) is 0 Å². The van der Waals surface area contributed by atoms with E-state index in [1.165, 1.54) is 0 Å². The topological polar surface area (TPSA) is 37.1 Å². The molecule has 0 radical (unpaired) electrons. The highest BCUT2D eigenvalue weighted by Gasteiger charge is 2.28. The monoisotopic (exact) mass is 417 g/mol. The number of halogens is 5. The largest absolute Gasteiger partial charge is 0.256 e. The van der Waals surface area contributed by atoms with Gasteiger partial charge in [0, 0.05) is 0 Å². The molecule has 0 amide bonds. The molecule has 0 bridgehead atoms. The Balaban J connectivity index is 3.46. The van der Waals surface area contributed by atoms with Crippen LogP contribution in [0, 0.1) is 0 Å². The molecule has 1 unspecified atom stereocenters. The molecule has 0 spiro atoms. The highest BCUT2D eigenvalue weighted by atomic mass is 127. The molecule has 12 heavy (non-hydrogen) atoms. The van der Waals surface area contributed by atoms with Gasteiger partial charge in [-0.1, -0.05) is 0 Å². The predicted octanol–water partition coefficient (Wildman–Crippen LogP) is 6.94. The van der Waals surface area contributed by atoms with Crippen LogP contribution < -0.4 is 0 Å². The molecule has 1 aliphatic rings. The second kappa shape index (κ2) is 3.87. The summed E-state index contributed by atoms with van der Waals surface area (Å²) in [6, 6.07) is 0. The Morgan fingerprint density at radius 1 is 0.917 bits per heavy atom. The zero-order chi connectivity index (χ0) is 9.62. The first-order valence-electron chi connectivity index (χ1n) is 2.49. The molecule has 0 N–H and O–H groups in total. The molecular formula is CH3Cl4IN3P3. The van der Waals surface area contributed by atoms with E-state index in [0.29, 0.717) is 0 Å². The highest BCUT2D eigenvalue weighted by Crippen LogP contribution is 2.86. The summed E-state index contributed by atoms with van der Waals surface area (Å²) in [6.45, 7) is 1.83. The zero-order valence-corrected chi connectivity index (χ0v) is 13.4. The normalized spacial score (nSPS) is 37.5. The van der Waals surface area contributed by atoms with E-state index in [-0.39, 0.29) is 0 Å². The SMILES string of the molecule is CP1(I)=NP(Cl)(Cl)=NP(Cl)(Cl)=N1. The molecular weight excluding hydrogens is 416 g/mol. The molecule has 0 aliphatic carbocycles. The van der Waals surface area contributed by atoms with Crippen LogP contribution in [-0.4, -0.2) is 6.66 Å². The average molecular weight is 419 g/mol. The second-order valence-electron chi connectivity index (χ2n) is 1.99. The van der Waals surface area contributed by atoms with Crippen molar-refractivity contribution < 1.29 is 0 Å². The average Bonchev–Trinajstić information content (AvgIpc) is 1.44. The Hall–Kier alpha value is 2.58. The summed E-state index contributed by atoms with van der Waals surface area (Å²) in [6.07, 6.45) is 0. The van der Waals surface area contributed by atoms with Crippen molar-refractivity contribution in [3.63, 3.8) is 0 Å². The van der Waals surface area contributed by atoms with Crippen molar-refractivity contribution in [3.8, 4) is 0 Å². The van der Waals surface area contributed by atoms with E-state index in [4.69, 9.17) is 45.0 Å². The third-order valence-electron chi connectivity index (χ3n) is 0.757. The molecule has 1 rings (SSSR count). The molecule has 0 aromatic heterocycles. The molecule has 0 fully saturated rings. The maximum atomic E-state index is 5.81. The van der Waals surface area contributed by atoms with Crippen molar-refractivity contribution in [1.29, 1.82) is 0 Å². The van der Waals surface area contributed by atoms with E-state index in [1.807, 2.05) is 6.66 Å². The predicted molar refractivity (Wildman–Crippen MR) is 71.4 cm³/mol. The van der Waals surface area contributed by atoms with Gasteiger partial charge >= 0.3 is 0 Å². The minimum absolute atomic E-state index is 1.83. The van der Waals surface area contributed by atoms with Gasteiger partial charge in [0.2, 0.25) is 0 Å². The molecule has 11 heteroatoms. The van der Waals surface area contributed by atoms with E-state index in [9.17, 15) is 0 Å². The van der Waals surface area contributed by atoms with Crippen molar-refractivity contribution >= 4 is 83.7 Å². The van der Waals surface area contributed by atoms with Crippen LogP contribution in [0.5, 0.6) is 0 Å². The van der Waals surface area contributed by atoms with E-state index < -0.39 is 16.7 Å². The van der Waals surface area contributed by atoms with Gasteiger partial charge in [-0.25, -0.2) is 9.03 Å². The van der Waals surface area contributed by atoms with Crippen LogP contribution in [0.25, 0.3) is 0 Å². The lowest BCUT2D eigenvalue weighted by molar-refractivity contribution is 1.77. The summed E-state index contributed by atoms with van der Waals surface area (Å²) >= 11 is 25.3. The van der Waals surface area contributed by atoms with Crippen LogP contribution >= 0.6 is 83.7 Å². The summed E-state index contributed by atoms with van der Waals surface area (Å²) in [7, 11) is 0. The standard InChI is InChI=1S/CH3Cl4IN3P3/c1-10(6)7-11(2,3)9-12(4,5)8-10/h1H3. The smallest absolute Gasteiger partial charge is 0.204 e. The minimum Gasteiger partial charge on any atom is -0.204 e. The number of rotatable bonds is 0. The first-order chi connectivity index (χ1) is 5.12. The molecule has 0 saturated carbocycles. The van der Waals surface area contributed by atoms with Gasteiger partial charge in [-0.15, -0.1) is 0 Å². The Kier molecular flexibility index (Phi) is 4.07. The number of hydrogen-bond donors (Lipinski definition) is 0. The third-order valence-corrected chi connectivity index (χ3v) is 15.2. The first kappa shape index (κ1) is 12.6. The lowest BCUT2D eigenvalue weighted by Crippen LogP contribution is -1.66. The number of nitrogens with zero attached hydrogens (tertiary/aromatic N) is 3. The van der Waals surface area contributed by atoms with Crippen molar-refractivity contribution in [2.45, 2.75) is 0 Å². The molecule has 72 valence electrons. The zero-order valence-electron chi connectivity index (χ0n) is 5.57. The van der Waals surface area contributed by atoms with Crippen molar-refractivity contribution in [2.24, 2.45) is 13.5 Å². The van der Waals surface area contributed by atoms with Crippen molar-refractivity contribution in [3.05, 3.63) is 0 Å². The fraction of sp³-hybridized carbons (Fsp3) is 1.00. The second-order valence-corrected chi connectivity index (χ2v) is 19.8. The van der Waals surface area contributed by atoms with Gasteiger partial charge in [-0.3, -0.25) is 0 Å². The Labute approximate surface area is 103 Å². The number of hydrogen-bond acceptors (Lipinski definition) is 3. The summed E-state index contributed by atoms with van der Waals surface area (Å²) in [5, 5.41) is 0. The third kappa shape index (κ3) is 3.98. The Morgan fingerprint density at radius 3 is 1.67 bits per heavy atom. The van der Waals surface area contributed by atoms with E-state index in [2.05, 4.69) is 35.6 Å². The fourth-order valence-corrected chi connectivity index (χ4v) is 24.8. The maximum absolute atomic E-state index is 5.81. The fourth-order valence-electron chi connectivity index (χ4n) is 0.576. The van der Waals surface area contributed by atoms with Crippen LogP contribution in [0.2, 0.25) is 0 Å². The molecule has 1 heterocycles. The van der Waals surface area contributed by atoms with Gasteiger partial charge in [-0.2, -0.15) is 4.52 Å². The van der Waals surface area contributed by atoms with Crippen LogP contribution in [0.3, 0.4) is 0 Å². The van der Waals surface area contributed by atoms with Gasteiger partial charge in [0.05, 0.1) is 0 Å². The molecule has 3 nitrogen and oxygen atoms in total. The maximum Gasteiger partial charge on any atom is 0.256 e. The van der Waals surface area contributed by atoms with Gasteiger partial charge in [0.25, 0.3) is 11.8 Å². The lowest BCUT2D eigenvalue weighted by atomic mass is 12.0. The molecule has 1 aliphatic heterocycles. The van der Waals surface area contributed by atoms with Crippen LogP contribution in [0.1, 0.15) is 0 Å².